The maximum Gasteiger partial charge on any atom is 0.0574 e. The second kappa shape index (κ2) is 5.29. The van der Waals surface area contributed by atoms with Crippen molar-refractivity contribution in [2.24, 2.45) is 0 Å². The molecular formula is C15H22N2O. The first-order chi connectivity index (χ1) is 8.81. The SMILES string of the molecule is OC1CCN(c2ccc(CNC3CC3)cc2)CC1. The number of anilines is 1. The van der Waals surface area contributed by atoms with Gasteiger partial charge < -0.3 is 15.3 Å². The van der Waals surface area contributed by atoms with Crippen molar-refractivity contribution in [3.63, 3.8) is 0 Å². The molecule has 1 aliphatic heterocycles. The van der Waals surface area contributed by atoms with E-state index in [4.69, 9.17) is 0 Å². The summed E-state index contributed by atoms with van der Waals surface area (Å²) in [6, 6.07) is 9.63. The number of rotatable bonds is 4. The fourth-order valence-electron chi connectivity index (χ4n) is 2.50. The standard InChI is InChI=1S/C15H22N2O/c18-15-7-9-17(10-8-15)14-5-1-12(2-6-14)11-16-13-3-4-13/h1-2,5-6,13,15-16,18H,3-4,7-11H2. The molecule has 0 unspecified atom stereocenters. The number of aliphatic hydroxyl groups excluding tert-OH is 1. The molecule has 3 heteroatoms. The van der Waals surface area contributed by atoms with E-state index in [1.54, 1.807) is 0 Å². The topological polar surface area (TPSA) is 35.5 Å². The second-order valence-corrected chi connectivity index (χ2v) is 5.54. The van der Waals surface area contributed by atoms with Crippen LogP contribution >= 0.6 is 0 Å². The Kier molecular flexibility index (Phi) is 3.52. The van der Waals surface area contributed by atoms with Gasteiger partial charge in [0.1, 0.15) is 0 Å². The smallest absolute Gasteiger partial charge is 0.0574 e. The van der Waals surface area contributed by atoms with Gasteiger partial charge in [-0.15, -0.1) is 0 Å². The summed E-state index contributed by atoms with van der Waals surface area (Å²) >= 11 is 0. The Morgan fingerprint density at radius 2 is 1.72 bits per heavy atom. The van der Waals surface area contributed by atoms with Crippen molar-refractivity contribution in [2.75, 3.05) is 18.0 Å². The maximum atomic E-state index is 9.51. The average molecular weight is 246 g/mol. The minimum Gasteiger partial charge on any atom is -0.393 e. The van der Waals surface area contributed by atoms with Gasteiger partial charge in [-0.3, -0.25) is 0 Å². The van der Waals surface area contributed by atoms with Crippen LogP contribution in [0.3, 0.4) is 0 Å². The summed E-state index contributed by atoms with van der Waals surface area (Å²) in [4.78, 5) is 2.37. The highest BCUT2D eigenvalue weighted by Gasteiger charge is 2.20. The molecule has 2 aliphatic rings. The lowest BCUT2D eigenvalue weighted by molar-refractivity contribution is 0.145. The number of hydrogen-bond acceptors (Lipinski definition) is 3. The van der Waals surface area contributed by atoms with Crippen LogP contribution in [-0.4, -0.2) is 30.3 Å². The van der Waals surface area contributed by atoms with E-state index in [1.807, 2.05) is 0 Å². The Balaban J connectivity index is 1.56. The molecule has 1 saturated heterocycles. The van der Waals surface area contributed by atoms with Gasteiger partial charge in [-0.1, -0.05) is 12.1 Å². The molecule has 1 aromatic carbocycles. The number of piperidine rings is 1. The molecule has 0 spiro atoms. The predicted octanol–water partition coefficient (Wildman–Crippen LogP) is 1.90. The Hall–Kier alpha value is -1.06. The van der Waals surface area contributed by atoms with E-state index < -0.39 is 0 Å². The van der Waals surface area contributed by atoms with Crippen molar-refractivity contribution in [3.05, 3.63) is 29.8 Å². The third kappa shape index (κ3) is 3.03. The van der Waals surface area contributed by atoms with Gasteiger partial charge in [0.25, 0.3) is 0 Å². The average Bonchev–Trinajstić information content (AvgIpc) is 3.22. The van der Waals surface area contributed by atoms with E-state index in [9.17, 15) is 5.11 Å². The monoisotopic (exact) mass is 246 g/mol. The first-order valence-electron chi connectivity index (χ1n) is 7.06. The molecular weight excluding hydrogens is 224 g/mol. The molecule has 3 rings (SSSR count). The van der Waals surface area contributed by atoms with Crippen molar-refractivity contribution in [3.8, 4) is 0 Å². The molecule has 1 aromatic rings. The van der Waals surface area contributed by atoms with Gasteiger partial charge in [0.2, 0.25) is 0 Å². The van der Waals surface area contributed by atoms with Crippen LogP contribution in [0.25, 0.3) is 0 Å². The van der Waals surface area contributed by atoms with Crippen LogP contribution in [-0.2, 0) is 6.54 Å². The highest BCUT2D eigenvalue weighted by atomic mass is 16.3. The highest BCUT2D eigenvalue weighted by molar-refractivity contribution is 5.48. The summed E-state index contributed by atoms with van der Waals surface area (Å²) in [5.74, 6) is 0. The quantitative estimate of drug-likeness (QED) is 0.851. The Bertz CT molecular complexity index is 378. The lowest BCUT2D eigenvalue weighted by atomic mass is 10.1. The molecule has 1 saturated carbocycles. The summed E-state index contributed by atoms with van der Waals surface area (Å²) < 4.78 is 0. The highest BCUT2D eigenvalue weighted by Crippen LogP contribution is 2.22. The fourth-order valence-corrected chi connectivity index (χ4v) is 2.50. The molecule has 2 N–H and O–H groups in total. The van der Waals surface area contributed by atoms with Gasteiger partial charge in [0, 0.05) is 31.4 Å². The number of benzene rings is 1. The van der Waals surface area contributed by atoms with Gasteiger partial charge in [0.15, 0.2) is 0 Å². The van der Waals surface area contributed by atoms with Crippen LogP contribution in [0, 0.1) is 0 Å². The summed E-state index contributed by atoms with van der Waals surface area (Å²) in [6.45, 7) is 2.94. The Morgan fingerprint density at radius 3 is 2.33 bits per heavy atom. The van der Waals surface area contributed by atoms with Crippen LogP contribution in [0.5, 0.6) is 0 Å². The predicted molar refractivity (Wildman–Crippen MR) is 73.8 cm³/mol. The molecule has 2 fully saturated rings. The molecule has 3 nitrogen and oxygen atoms in total. The Labute approximate surface area is 109 Å². The third-order valence-electron chi connectivity index (χ3n) is 3.94. The summed E-state index contributed by atoms with van der Waals surface area (Å²) in [5.41, 5.74) is 2.65. The molecule has 0 aromatic heterocycles. The summed E-state index contributed by atoms with van der Waals surface area (Å²) in [5, 5.41) is 13.0. The minimum atomic E-state index is -0.0942. The largest absolute Gasteiger partial charge is 0.393 e. The second-order valence-electron chi connectivity index (χ2n) is 5.54. The third-order valence-corrected chi connectivity index (χ3v) is 3.94. The summed E-state index contributed by atoms with van der Waals surface area (Å²) in [6.07, 6.45) is 4.38. The molecule has 18 heavy (non-hydrogen) atoms. The minimum absolute atomic E-state index is 0.0942. The van der Waals surface area contributed by atoms with Crippen molar-refractivity contribution < 1.29 is 5.11 Å². The molecule has 0 amide bonds. The number of hydrogen-bond donors (Lipinski definition) is 2. The van der Waals surface area contributed by atoms with Gasteiger partial charge >= 0.3 is 0 Å². The van der Waals surface area contributed by atoms with Crippen molar-refractivity contribution in [1.82, 2.24) is 5.32 Å². The van der Waals surface area contributed by atoms with E-state index in [0.717, 1.165) is 38.5 Å². The van der Waals surface area contributed by atoms with E-state index in [2.05, 4.69) is 34.5 Å². The molecule has 1 heterocycles. The molecule has 0 atom stereocenters. The van der Waals surface area contributed by atoms with E-state index in [0.29, 0.717) is 0 Å². The van der Waals surface area contributed by atoms with Gasteiger partial charge in [-0.25, -0.2) is 0 Å². The fraction of sp³-hybridized carbons (Fsp3) is 0.600. The van der Waals surface area contributed by atoms with Gasteiger partial charge in [0.05, 0.1) is 6.10 Å². The zero-order chi connectivity index (χ0) is 12.4. The first-order valence-corrected chi connectivity index (χ1v) is 7.06. The van der Waals surface area contributed by atoms with Crippen molar-refractivity contribution >= 4 is 5.69 Å². The van der Waals surface area contributed by atoms with Crippen LogP contribution in [0.2, 0.25) is 0 Å². The normalized spacial score (nSPS) is 21.3. The lowest BCUT2D eigenvalue weighted by Gasteiger charge is -2.31. The van der Waals surface area contributed by atoms with E-state index >= 15 is 0 Å². The number of aliphatic hydroxyl groups is 1. The maximum absolute atomic E-state index is 9.51. The van der Waals surface area contributed by atoms with Crippen LogP contribution < -0.4 is 10.2 Å². The molecule has 0 bridgehead atoms. The Morgan fingerprint density at radius 1 is 1.06 bits per heavy atom. The number of nitrogens with zero attached hydrogens (tertiary/aromatic N) is 1. The van der Waals surface area contributed by atoms with Crippen molar-refractivity contribution in [2.45, 2.75) is 44.4 Å². The molecule has 98 valence electrons. The van der Waals surface area contributed by atoms with Gasteiger partial charge in [-0.05, 0) is 43.4 Å². The van der Waals surface area contributed by atoms with Crippen molar-refractivity contribution in [1.29, 1.82) is 0 Å². The van der Waals surface area contributed by atoms with Crippen LogP contribution in [0.1, 0.15) is 31.2 Å². The van der Waals surface area contributed by atoms with Gasteiger partial charge in [-0.2, -0.15) is 0 Å². The number of nitrogens with one attached hydrogen (secondary N) is 1. The first kappa shape index (κ1) is 12.0. The lowest BCUT2D eigenvalue weighted by Crippen LogP contribution is -2.35. The van der Waals surface area contributed by atoms with Crippen LogP contribution in [0.15, 0.2) is 24.3 Å². The molecule has 0 radical (unpaired) electrons. The van der Waals surface area contributed by atoms with E-state index in [-0.39, 0.29) is 6.10 Å². The zero-order valence-electron chi connectivity index (χ0n) is 10.8. The van der Waals surface area contributed by atoms with Crippen LogP contribution in [0.4, 0.5) is 5.69 Å². The molecule has 1 aliphatic carbocycles. The zero-order valence-corrected chi connectivity index (χ0v) is 10.8. The van der Waals surface area contributed by atoms with E-state index in [1.165, 1.54) is 24.1 Å². The summed E-state index contributed by atoms with van der Waals surface area (Å²) in [7, 11) is 0.